The van der Waals surface area contributed by atoms with Gasteiger partial charge in [-0.1, -0.05) is 57.3 Å². The molecule has 0 bridgehead atoms. The summed E-state index contributed by atoms with van der Waals surface area (Å²) in [5, 5.41) is 0. The number of benzene rings is 1. The molecule has 0 saturated carbocycles. The molecule has 0 aromatic heterocycles. The standard InChI is InChI=1S/C11H15NS/c1-11(2,3)9-6-4-8(5-7-9)10(12)13/h4-7H,1-3H3,(H2,12,13). The Kier molecular flexibility index (Phi) is 2.71. The van der Waals surface area contributed by atoms with Gasteiger partial charge >= 0.3 is 0 Å². The predicted molar refractivity (Wildman–Crippen MR) is 61.0 cm³/mol. The first-order valence-electron chi connectivity index (χ1n) is 4.31. The highest BCUT2D eigenvalue weighted by atomic mass is 32.1. The average Bonchev–Trinajstić information content (AvgIpc) is 2.03. The Bertz CT molecular complexity index is 306. The van der Waals surface area contributed by atoms with Gasteiger partial charge in [-0.15, -0.1) is 0 Å². The van der Waals surface area contributed by atoms with Crippen molar-refractivity contribution in [2.45, 2.75) is 26.2 Å². The van der Waals surface area contributed by atoms with Crippen LogP contribution in [-0.2, 0) is 5.41 Å². The molecule has 1 aromatic rings. The SMILES string of the molecule is CC(C)(C)c1ccc(C(N)=S)cc1. The van der Waals surface area contributed by atoms with Crippen LogP contribution in [0.4, 0.5) is 0 Å². The summed E-state index contributed by atoms with van der Waals surface area (Å²) < 4.78 is 0. The monoisotopic (exact) mass is 193 g/mol. The Hall–Kier alpha value is -0.890. The maximum absolute atomic E-state index is 5.50. The minimum absolute atomic E-state index is 0.189. The molecule has 0 fully saturated rings. The quantitative estimate of drug-likeness (QED) is 0.694. The van der Waals surface area contributed by atoms with E-state index in [1.807, 2.05) is 12.1 Å². The minimum Gasteiger partial charge on any atom is -0.389 e. The van der Waals surface area contributed by atoms with Crippen LogP contribution >= 0.6 is 12.2 Å². The van der Waals surface area contributed by atoms with Crippen molar-refractivity contribution in [1.82, 2.24) is 0 Å². The van der Waals surface area contributed by atoms with Crippen molar-refractivity contribution >= 4 is 17.2 Å². The van der Waals surface area contributed by atoms with Crippen molar-refractivity contribution in [3.63, 3.8) is 0 Å². The summed E-state index contributed by atoms with van der Waals surface area (Å²) in [6.07, 6.45) is 0. The largest absolute Gasteiger partial charge is 0.389 e. The van der Waals surface area contributed by atoms with Gasteiger partial charge in [0.25, 0.3) is 0 Å². The molecule has 0 unspecified atom stereocenters. The van der Waals surface area contributed by atoms with Crippen LogP contribution in [0.25, 0.3) is 0 Å². The molecule has 2 N–H and O–H groups in total. The summed E-state index contributed by atoms with van der Waals surface area (Å²) in [4.78, 5) is 0.459. The molecule has 1 aromatic carbocycles. The van der Waals surface area contributed by atoms with Crippen LogP contribution in [0.15, 0.2) is 24.3 Å². The topological polar surface area (TPSA) is 26.0 Å². The van der Waals surface area contributed by atoms with E-state index < -0.39 is 0 Å². The molecule has 0 heterocycles. The predicted octanol–water partition coefficient (Wildman–Crippen LogP) is 2.62. The first-order chi connectivity index (χ1) is 5.91. The summed E-state index contributed by atoms with van der Waals surface area (Å²) in [6, 6.07) is 8.11. The van der Waals surface area contributed by atoms with Gasteiger partial charge in [0.1, 0.15) is 4.99 Å². The van der Waals surface area contributed by atoms with Gasteiger partial charge in [-0.2, -0.15) is 0 Å². The molecule has 2 heteroatoms. The number of hydrogen-bond acceptors (Lipinski definition) is 1. The van der Waals surface area contributed by atoms with E-state index in [1.54, 1.807) is 0 Å². The van der Waals surface area contributed by atoms with Gasteiger partial charge in [0.2, 0.25) is 0 Å². The van der Waals surface area contributed by atoms with E-state index in [-0.39, 0.29) is 5.41 Å². The van der Waals surface area contributed by atoms with E-state index in [9.17, 15) is 0 Å². The van der Waals surface area contributed by atoms with Crippen LogP contribution in [0, 0.1) is 0 Å². The second-order valence-corrected chi connectivity index (χ2v) is 4.63. The van der Waals surface area contributed by atoms with Gasteiger partial charge < -0.3 is 5.73 Å². The van der Waals surface area contributed by atoms with Crippen LogP contribution < -0.4 is 5.73 Å². The molecule has 0 radical (unpaired) electrons. The zero-order valence-corrected chi connectivity index (χ0v) is 9.11. The third-order valence-electron chi connectivity index (χ3n) is 2.04. The molecule has 0 spiro atoms. The highest BCUT2D eigenvalue weighted by Gasteiger charge is 2.12. The third-order valence-corrected chi connectivity index (χ3v) is 2.27. The highest BCUT2D eigenvalue weighted by molar-refractivity contribution is 7.80. The second-order valence-electron chi connectivity index (χ2n) is 4.19. The lowest BCUT2D eigenvalue weighted by molar-refractivity contribution is 0.590. The Balaban J connectivity index is 3.01. The van der Waals surface area contributed by atoms with E-state index in [1.165, 1.54) is 5.56 Å². The van der Waals surface area contributed by atoms with Crippen molar-refractivity contribution < 1.29 is 0 Å². The molecule has 13 heavy (non-hydrogen) atoms. The first-order valence-corrected chi connectivity index (χ1v) is 4.72. The fourth-order valence-electron chi connectivity index (χ4n) is 1.13. The molecule has 1 rings (SSSR count). The van der Waals surface area contributed by atoms with E-state index in [0.29, 0.717) is 4.99 Å². The van der Waals surface area contributed by atoms with Crippen molar-refractivity contribution in [3.8, 4) is 0 Å². The summed E-state index contributed by atoms with van der Waals surface area (Å²) in [6.45, 7) is 6.55. The molecule has 0 aliphatic heterocycles. The molecular weight excluding hydrogens is 178 g/mol. The maximum atomic E-state index is 5.50. The third kappa shape index (κ3) is 2.52. The van der Waals surface area contributed by atoms with Crippen molar-refractivity contribution in [2.24, 2.45) is 5.73 Å². The van der Waals surface area contributed by atoms with Crippen molar-refractivity contribution in [2.75, 3.05) is 0 Å². The van der Waals surface area contributed by atoms with Crippen LogP contribution in [0.3, 0.4) is 0 Å². The van der Waals surface area contributed by atoms with E-state index in [2.05, 4.69) is 32.9 Å². The van der Waals surface area contributed by atoms with E-state index >= 15 is 0 Å². The Morgan fingerprint density at radius 1 is 1.15 bits per heavy atom. The number of thiocarbonyl (C=S) groups is 1. The van der Waals surface area contributed by atoms with Crippen LogP contribution in [-0.4, -0.2) is 4.99 Å². The van der Waals surface area contributed by atoms with Crippen LogP contribution in [0.5, 0.6) is 0 Å². The summed E-state index contributed by atoms with van der Waals surface area (Å²) in [5.41, 5.74) is 7.93. The fourth-order valence-corrected chi connectivity index (χ4v) is 1.27. The van der Waals surface area contributed by atoms with E-state index in [4.69, 9.17) is 18.0 Å². The van der Waals surface area contributed by atoms with Crippen LogP contribution in [0.2, 0.25) is 0 Å². The molecule has 0 amide bonds. The lowest BCUT2D eigenvalue weighted by Crippen LogP contribution is -2.13. The lowest BCUT2D eigenvalue weighted by Gasteiger charge is -2.18. The maximum Gasteiger partial charge on any atom is 0.103 e. The second kappa shape index (κ2) is 3.46. The Morgan fingerprint density at radius 2 is 1.62 bits per heavy atom. The normalized spacial score (nSPS) is 11.3. The fraction of sp³-hybridized carbons (Fsp3) is 0.364. The van der Waals surface area contributed by atoms with Gasteiger partial charge in [-0.25, -0.2) is 0 Å². The number of hydrogen-bond donors (Lipinski definition) is 1. The smallest absolute Gasteiger partial charge is 0.103 e. The van der Waals surface area contributed by atoms with Gasteiger partial charge in [-0.3, -0.25) is 0 Å². The zero-order chi connectivity index (χ0) is 10.1. The minimum atomic E-state index is 0.189. The van der Waals surface area contributed by atoms with E-state index in [0.717, 1.165) is 5.56 Å². The number of rotatable bonds is 1. The van der Waals surface area contributed by atoms with Crippen molar-refractivity contribution in [1.29, 1.82) is 0 Å². The van der Waals surface area contributed by atoms with Gasteiger partial charge in [0.15, 0.2) is 0 Å². The lowest BCUT2D eigenvalue weighted by atomic mass is 9.87. The Morgan fingerprint density at radius 3 is 1.92 bits per heavy atom. The van der Waals surface area contributed by atoms with Gasteiger partial charge in [-0.05, 0) is 11.0 Å². The molecular formula is C11H15NS. The molecule has 0 saturated heterocycles. The highest BCUT2D eigenvalue weighted by Crippen LogP contribution is 2.21. The van der Waals surface area contributed by atoms with Crippen LogP contribution in [0.1, 0.15) is 31.9 Å². The number of nitrogens with two attached hydrogens (primary N) is 1. The summed E-state index contributed by atoms with van der Waals surface area (Å²) in [7, 11) is 0. The molecule has 70 valence electrons. The first kappa shape index (κ1) is 10.2. The zero-order valence-electron chi connectivity index (χ0n) is 8.29. The van der Waals surface area contributed by atoms with Gasteiger partial charge in [0.05, 0.1) is 0 Å². The van der Waals surface area contributed by atoms with Crippen molar-refractivity contribution in [3.05, 3.63) is 35.4 Å². The molecule has 0 atom stereocenters. The average molecular weight is 193 g/mol. The summed E-state index contributed by atoms with van der Waals surface area (Å²) in [5.74, 6) is 0. The Labute approximate surface area is 85.0 Å². The van der Waals surface area contributed by atoms with Gasteiger partial charge in [0, 0.05) is 5.56 Å². The molecule has 0 aliphatic rings. The molecule has 0 aliphatic carbocycles. The molecule has 1 nitrogen and oxygen atoms in total. The summed E-state index contributed by atoms with van der Waals surface area (Å²) >= 11 is 4.88.